The summed E-state index contributed by atoms with van der Waals surface area (Å²) in [5, 5.41) is 31.6. The first-order valence-corrected chi connectivity index (χ1v) is 34.3. The maximum Gasteiger partial charge on any atom is 0.335 e. The third-order valence-corrected chi connectivity index (χ3v) is 15.6. The number of aliphatic hydroxyl groups excluding tert-OH is 2. The molecule has 12 heteroatoms. The highest BCUT2D eigenvalue weighted by atomic mass is 16.7. The fourth-order valence-electron chi connectivity index (χ4n) is 10.4. The number of carboxylic acids is 1. The molecule has 12 nitrogen and oxygen atoms in total. The van der Waals surface area contributed by atoms with Gasteiger partial charge < -0.3 is 39.0 Å². The Labute approximate surface area is 506 Å². The summed E-state index contributed by atoms with van der Waals surface area (Å²) >= 11 is 0. The Morgan fingerprint density at radius 2 is 0.759 bits per heavy atom. The summed E-state index contributed by atoms with van der Waals surface area (Å²) < 4.78 is 28.6. The largest absolute Gasteiger partial charge is 0.479 e. The van der Waals surface area contributed by atoms with Gasteiger partial charge in [0.15, 0.2) is 24.6 Å². The molecule has 6 unspecified atom stereocenters. The van der Waals surface area contributed by atoms with Crippen molar-refractivity contribution in [1.29, 1.82) is 0 Å². The van der Waals surface area contributed by atoms with Crippen LogP contribution in [0.2, 0.25) is 0 Å². The van der Waals surface area contributed by atoms with Crippen LogP contribution in [0.4, 0.5) is 0 Å². The molecule has 3 N–H and O–H groups in total. The van der Waals surface area contributed by atoms with Crippen LogP contribution in [0, 0.1) is 0 Å². The molecule has 1 fully saturated rings. The summed E-state index contributed by atoms with van der Waals surface area (Å²) in [6, 6.07) is 0. The van der Waals surface area contributed by atoms with Gasteiger partial charge in [-0.25, -0.2) is 4.79 Å². The summed E-state index contributed by atoms with van der Waals surface area (Å²) in [6.07, 6.45) is 61.9. The lowest BCUT2D eigenvalue weighted by Crippen LogP contribution is -2.61. The van der Waals surface area contributed by atoms with Crippen LogP contribution in [0.15, 0.2) is 60.8 Å². The number of carbonyl (C=O) groups excluding carboxylic acids is 3. The first-order valence-electron chi connectivity index (χ1n) is 34.3. The quantitative estimate of drug-likeness (QED) is 0.0228. The predicted octanol–water partition coefficient (Wildman–Crippen LogP) is 18.7. The minimum Gasteiger partial charge on any atom is -0.479 e. The fourth-order valence-corrected chi connectivity index (χ4v) is 10.4. The lowest BCUT2D eigenvalue weighted by atomic mass is 9.98. The molecule has 0 aromatic heterocycles. The van der Waals surface area contributed by atoms with Gasteiger partial charge in [-0.15, -0.1) is 0 Å². The van der Waals surface area contributed by atoms with E-state index in [1.165, 1.54) is 180 Å². The first kappa shape index (κ1) is 77.4. The first-order chi connectivity index (χ1) is 40.6. The molecular weight excluding hydrogens is 1040 g/mol. The number of aliphatic hydroxyl groups is 2. The van der Waals surface area contributed by atoms with Crippen molar-refractivity contribution in [3.63, 3.8) is 0 Å². The molecule has 0 radical (unpaired) electrons. The van der Waals surface area contributed by atoms with Crippen molar-refractivity contribution in [2.45, 2.75) is 353 Å². The minimum absolute atomic E-state index is 0.00919. The molecule has 0 spiro atoms. The highest BCUT2D eigenvalue weighted by molar-refractivity contribution is 5.74. The molecule has 0 aromatic carbocycles. The molecule has 0 saturated carbocycles. The number of aliphatic carboxylic acids is 1. The van der Waals surface area contributed by atoms with Crippen molar-refractivity contribution in [3.05, 3.63) is 60.8 Å². The Hall–Kier alpha value is -3.58. The van der Waals surface area contributed by atoms with Crippen molar-refractivity contribution >= 4 is 23.9 Å². The molecule has 1 saturated heterocycles. The summed E-state index contributed by atoms with van der Waals surface area (Å²) in [5.74, 6) is -3.15. The zero-order chi connectivity index (χ0) is 60.3. The van der Waals surface area contributed by atoms with Crippen LogP contribution < -0.4 is 0 Å². The van der Waals surface area contributed by atoms with Gasteiger partial charge in [0.05, 0.1) is 6.61 Å². The number of rotatable bonds is 59. The molecule has 0 bridgehead atoms. The van der Waals surface area contributed by atoms with Gasteiger partial charge in [0.1, 0.15) is 18.8 Å². The van der Waals surface area contributed by atoms with E-state index >= 15 is 0 Å². The highest BCUT2D eigenvalue weighted by Gasteiger charge is 2.50. The topological polar surface area (TPSA) is 175 Å². The van der Waals surface area contributed by atoms with Gasteiger partial charge in [-0.3, -0.25) is 14.4 Å². The van der Waals surface area contributed by atoms with Crippen LogP contribution >= 0.6 is 0 Å². The number of unbranched alkanes of at least 4 members (excludes halogenated alkanes) is 35. The lowest BCUT2D eigenvalue weighted by Gasteiger charge is -2.40. The standard InChI is InChI=1S/C71H124O12/c1-4-7-10-13-16-19-22-25-28-30-32-34-37-39-42-45-48-51-54-57-63(72)79-60-62(81-64(73)58-55-52-49-46-43-41-38-35-33-31-29-26-23-20-17-14-11-8-5-2)61-80-71-69(67(76)66(75)68(83-71)70(77)78)82-65(74)59-56-53-50-47-44-40-36-27-24-21-18-15-12-9-6-3/h9,12,18,21,25,27-28,36,44,47,62,66-69,71,75-76H,4-8,10-11,13-17,19-20,22-24,26,29-35,37-43,45-46,48-61H2,1-3H3,(H,77,78)/b12-9-,21-18-,28-25-,36-27-,47-44-. The summed E-state index contributed by atoms with van der Waals surface area (Å²) in [4.78, 5) is 51.4. The molecular formula is C71H124O12. The maximum absolute atomic E-state index is 13.2. The van der Waals surface area contributed by atoms with E-state index in [2.05, 4.69) is 81.5 Å². The average Bonchev–Trinajstić information content (AvgIpc) is 3.57. The third kappa shape index (κ3) is 48.3. The second kappa shape index (κ2) is 58.8. The molecule has 1 rings (SSSR count). The molecule has 480 valence electrons. The third-order valence-electron chi connectivity index (χ3n) is 15.6. The van der Waals surface area contributed by atoms with Crippen LogP contribution in [0.25, 0.3) is 0 Å². The van der Waals surface area contributed by atoms with Gasteiger partial charge in [0, 0.05) is 19.3 Å². The van der Waals surface area contributed by atoms with Gasteiger partial charge >= 0.3 is 23.9 Å². The molecule has 1 heterocycles. The van der Waals surface area contributed by atoms with E-state index < -0.39 is 67.3 Å². The van der Waals surface area contributed by atoms with Gasteiger partial charge in [-0.05, 0) is 83.5 Å². The Morgan fingerprint density at radius 3 is 1.19 bits per heavy atom. The number of esters is 3. The van der Waals surface area contributed by atoms with Crippen LogP contribution in [-0.2, 0) is 42.9 Å². The van der Waals surface area contributed by atoms with Gasteiger partial charge in [0.25, 0.3) is 0 Å². The van der Waals surface area contributed by atoms with Gasteiger partial charge in [-0.1, -0.05) is 274 Å². The number of ether oxygens (including phenoxy) is 5. The molecule has 0 aliphatic carbocycles. The van der Waals surface area contributed by atoms with Crippen molar-refractivity contribution in [3.8, 4) is 0 Å². The SMILES string of the molecule is CC/C=C\C/C=C\C/C=C\C/C=C\CCCCC(=O)OC1C(OCC(COC(=O)CCCCCCCCCCC/C=C\CCCCCCCC)OC(=O)CCCCCCCCCCCCCCCCCCCCC)OC(C(=O)O)C(O)C1O. The van der Waals surface area contributed by atoms with E-state index in [4.69, 9.17) is 23.7 Å². The predicted molar refractivity (Wildman–Crippen MR) is 340 cm³/mol. The Morgan fingerprint density at radius 1 is 0.410 bits per heavy atom. The summed E-state index contributed by atoms with van der Waals surface area (Å²) in [6.45, 7) is 5.91. The summed E-state index contributed by atoms with van der Waals surface area (Å²) in [5.41, 5.74) is 0. The van der Waals surface area contributed by atoms with Crippen LogP contribution in [-0.4, -0.2) is 89.2 Å². The zero-order valence-corrected chi connectivity index (χ0v) is 53.2. The summed E-state index contributed by atoms with van der Waals surface area (Å²) in [7, 11) is 0. The van der Waals surface area contributed by atoms with Crippen LogP contribution in [0.3, 0.4) is 0 Å². The maximum atomic E-state index is 13.2. The second-order valence-corrected chi connectivity index (χ2v) is 23.4. The van der Waals surface area contributed by atoms with Crippen LogP contribution in [0.5, 0.6) is 0 Å². The Bertz CT molecular complexity index is 1670. The minimum atomic E-state index is -1.92. The van der Waals surface area contributed by atoms with E-state index in [0.29, 0.717) is 25.7 Å². The average molecular weight is 1170 g/mol. The normalized spacial score (nSPS) is 17.9. The van der Waals surface area contributed by atoms with Gasteiger partial charge in [0.2, 0.25) is 0 Å². The molecule has 1 aliphatic rings. The van der Waals surface area contributed by atoms with Crippen molar-refractivity contribution in [1.82, 2.24) is 0 Å². The second-order valence-electron chi connectivity index (χ2n) is 23.4. The number of hydrogen-bond acceptors (Lipinski definition) is 11. The molecule has 6 atom stereocenters. The lowest BCUT2D eigenvalue weighted by molar-refractivity contribution is -0.301. The van der Waals surface area contributed by atoms with E-state index in [-0.39, 0.29) is 25.9 Å². The number of hydrogen-bond donors (Lipinski definition) is 3. The van der Waals surface area contributed by atoms with Gasteiger partial charge in [-0.2, -0.15) is 0 Å². The monoisotopic (exact) mass is 1170 g/mol. The van der Waals surface area contributed by atoms with Crippen molar-refractivity contribution in [2.75, 3.05) is 13.2 Å². The fraction of sp³-hybridized carbons (Fsp3) is 0.803. The van der Waals surface area contributed by atoms with E-state index in [1.807, 2.05) is 0 Å². The highest BCUT2D eigenvalue weighted by Crippen LogP contribution is 2.27. The van der Waals surface area contributed by atoms with E-state index in [1.54, 1.807) is 0 Å². The number of allylic oxidation sites excluding steroid dienone is 10. The smallest absolute Gasteiger partial charge is 0.335 e. The number of carbonyl (C=O) groups is 4. The Kier molecular flexibility index (Phi) is 54.8. The van der Waals surface area contributed by atoms with Crippen molar-refractivity contribution < 1.29 is 58.2 Å². The van der Waals surface area contributed by atoms with E-state index in [0.717, 1.165) is 70.6 Å². The molecule has 0 amide bonds. The zero-order valence-electron chi connectivity index (χ0n) is 53.2. The number of carboxylic acid groups (broad SMARTS) is 1. The molecule has 0 aromatic rings. The van der Waals surface area contributed by atoms with Crippen molar-refractivity contribution in [2.24, 2.45) is 0 Å². The van der Waals surface area contributed by atoms with E-state index in [9.17, 15) is 34.5 Å². The van der Waals surface area contributed by atoms with Crippen LogP contribution in [0.1, 0.15) is 316 Å². The molecule has 83 heavy (non-hydrogen) atoms. The molecule has 1 aliphatic heterocycles. The Balaban J connectivity index is 2.65.